The first kappa shape index (κ1) is 18.7. The molecular formula is C17H26ClN3O. The van der Waals surface area contributed by atoms with E-state index in [0.29, 0.717) is 6.04 Å². The molecule has 0 bridgehead atoms. The highest BCUT2D eigenvalue weighted by atomic mass is 35.5. The topological polar surface area (TPSA) is 35.6 Å². The molecule has 0 fully saturated rings. The fraction of sp³-hybridized carbons (Fsp3) is 0.471. The molecule has 1 atom stereocenters. The van der Waals surface area contributed by atoms with E-state index in [1.54, 1.807) is 11.0 Å². The van der Waals surface area contributed by atoms with E-state index in [9.17, 15) is 4.79 Å². The third-order valence-corrected chi connectivity index (χ3v) is 3.81. The molecule has 4 nitrogen and oxygen atoms in total. The maximum atomic E-state index is 12.2. The lowest BCUT2D eigenvalue weighted by Gasteiger charge is -2.25. The van der Waals surface area contributed by atoms with Gasteiger partial charge in [0.05, 0.1) is 0 Å². The molecule has 1 N–H and O–H groups in total. The van der Waals surface area contributed by atoms with Gasteiger partial charge < -0.3 is 15.1 Å². The smallest absolute Gasteiger partial charge is 0.250 e. The van der Waals surface area contributed by atoms with Crippen LogP contribution in [0.15, 0.2) is 30.4 Å². The molecule has 5 heteroatoms. The normalized spacial score (nSPS) is 17.2. The molecule has 0 spiro atoms. The van der Waals surface area contributed by atoms with Gasteiger partial charge in [-0.3, -0.25) is 4.79 Å². The molecule has 1 unspecified atom stereocenters. The summed E-state index contributed by atoms with van der Waals surface area (Å²) in [5.74, 6) is 0.00827. The molecule has 1 amide bonds. The van der Waals surface area contributed by atoms with Crippen LogP contribution in [0, 0.1) is 0 Å². The lowest BCUT2D eigenvalue weighted by molar-refractivity contribution is -0.113. The van der Waals surface area contributed by atoms with Crippen LogP contribution in [-0.4, -0.2) is 44.5 Å². The van der Waals surface area contributed by atoms with Crippen LogP contribution in [0.2, 0.25) is 0 Å². The number of amides is 1. The zero-order valence-corrected chi connectivity index (χ0v) is 14.6. The van der Waals surface area contributed by atoms with Gasteiger partial charge in [-0.15, -0.1) is 12.4 Å². The van der Waals surface area contributed by atoms with Gasteiger partial charge in [-0.25, -0.2) is 0 Å². The average molecular weight is 324 g/mol. The summed E-state index contributed by atoms with van der Waals surface area (Å²) in [5, 5.41) is 3.46. The summed E-state index contributed by atoms with van der Waals surface area (Å²) in [7, 11) is 5.79. The molecule has 122 valence electrons. The summed E-state index contributed by atoms with van der Waals surface area (Å²) in [4.78, 5) is 15.9. The standard InChI is InChI=1S/C17H25N3O.ClH/c1-13-10-14-7-8-16(11-15(14)12-18-13)20(4)17(21)6-5-9-19(2)3;/h5-8,11,13,18H,9-10,12H2,1-4H3;1H/b6-5+;. The number of nitrogens with one attached hydrogen (secondary N) is 1. The van der Waals surface area contributed by atoms with Crippen molar-refractivity contribution in [2.75, 3.05) is 32.6 Å². The maximum Gasteiger partial charge on any atom is 0.250 e. The predicted octanol–water partition coefficient (Wildman–Crippen LogP) is 2.22. The number of anilines is 1. The number of nitrogens with zero attached hydrogens (tertiary/aromatic N) is 2. The van der Waals surface area contributed by atoms with Crippen LogP contribution >= 0.6 is 12.4 Å². The Morgan fingerprint density at radius 1 is 1.32 bits per heavy atom. The first-order valence-corrected chi connectivity index (χ1v) is 7.41. The minimum absolute atomic E-state index is 0. The lowest BCUT2D eigenvalue weighted by atomic mass is 9.96. The highest BCUT2D eigenvalue weighted by Crippen LogP contribution is 2.23. The van der Waals surface area contributed by atoms with Gasteiger partial charge in [0.2, 0.25) is 5.91 Å². The van der Waals surface area contributed by atoms with Crippen molar-refractivity contribution in [3.63, 3.8) is 0 Å². The van der Waals surface area contributed by atoms with Crippen molar-refractivity contribution < 1.29 is 4.79 Å². The molecule has 2 rings (SSSR count). The van der Waals surface area contributed by atoms with Crippen molar-refractivity contribution in [3.8, 4) is 0 Å². The van der Waals surface area contributed by atoms with Crippen molar-refractivity contribution in [1.29, 1.82) is 0 Å². The number of hydrogen-bond acceptors (Lipinski definition) is 3. The van der Waals surface area contributed by atoms with Crippen molar-refractivity contribution in [3.05, 3.63) is 41.5 Å². The number of halogens is 1. The maximum absolute atomic E-state index is 12.2. The Morgan fingerprint density at radius 3 is 2.73 bits per heavy atom. The Labute approximate surface area is 139 Å². The molecule has 0 radical (unpaired) electrons. The zero-order chi connectivity index (χ0) is 15.4. The fourth-order valence-electron chi connectivity index (χ4n) is 2.47. The SMILES string of the molecule is CC1Cc2ccc(N(C)C(=O)/C=C/CN(C)C)cc2CN1.Cl. The molecular weight excluding hydrogens is 298 g/mol. The van der Waals surface area contributed by atoms with E-state index in [1.165, 1.54) is 11.1 Å². The van der Waals surface area contributed by atoms with Crippen LogP contribution in [0.3, 0.4) is 0 Å². The summed E-state index contributed by atoms with van der Waals surface area (Å²) < 4.78 is 0. The van der Waals surface area contributed by atoms with Crippen LogP contribution in [-0.2, 0) is 17.8 Å². The number of benzene rings is 1. The second-order valence-corrected chi connectivity index (χ2v) is 6.00. The van der Waals surface area contributed by atoms with E-state index in [2.05, 4.69) is 24.4 Å². The van der Waals surface area contributed by atoms with Crippen LogP contribution in [0.5, 0.6) is 0 Å². The minimum Gasteiger partial charge on any atom is -0.312 e. The number of fused-ring (bicyclic) bond motifs is 1. The Bertz CT molecular complexity index is 543. The predicted molar refractivity (Wildman–Crippen MR) is 94.8 cm³/mol. The second-order valence-electron chi connectivity index (χ2n) is 6.00. The molecule has 0 saturated heterocycles. The molecule has 0 aromatic heterocycles. The largest absolute Gasteiger partial charge is 0.312 e. The Hall–Kier alpha value is -1.36. The summed E-state index contributed by atoms with van der Waals surface area (Å²) in [6, 6.07) is 6.83. The second kappa shape index (κ2) is 8.32. The van der Waals surface area contributed by atoms with Crippen molar-refractivity contribution in [2.45, 2.75) is 25.9 Å². The molecule has 1 aliphatic heterocycles. The number of likely N-dealkylation sites (N-methyl/N-ethyl adjacent to an activating group) is 2. The minimum atomic E-state index is 0. The summed E-state index contributed by atoms with van der Waals surface area (Å²) in [6.45, 7) is 3.84. The molecule has 0 aliphatic carbocycles. The van der Waals surface area contributed by atoms with Crippen molar-refractivity contribution in [1.82, 2.24) is 10.2 Å². The van der Waals surface area contributed by atoms with Gasteiger partial charge in [0.15, 0.2) is 0 Å². The van der Waals surface area contributed by atoms with E-state index in [4.69, 9.17) is 0 Å². The number of carbonyl (C=O) groups is 1. The third kappa shape index (κ3) is 4.83. The Kier molecular flexibility index (Phi) is 7.07. The Morgan fingerprint density at radius 2 is 2.05 bits per heavy atom. The molecule has 1 aliphatic rings. The van der Waals surface area contributed by atoms with E-state index in [0.717, 1.165) is 25.2 Å². The van der Waals surface area contributed by atoms with E-state index < -0.39 is 0 Å². The van der Waals surface area contributed by atoms with Crippen molar-refractivity contribution >= 4 is 24.0 Å². The Balaban J connectivity index is 0.00000242. The number of rotatable bonds is 4. The van der Waals surface area contributed by atoms with Gasteiger partial charge >= 0.3 is 0 Å². The number of carbonyl (C=O) groups excluding carboxylic acids is 1. The molecule has 22 heavy (non-hydrogen) atoms. The number of hydrogen-bond donors (Lipinski definition) is 1. The van der Waals surface area contributed by atoms with Crippen LogP contribution in [0.25, 0.3) is 0 Å². The van der Waals surface area contributed by atoms with Crippen molar-refractivity contribution in [2.24, 2.45) is 0 Å². The van der Waals surface area contributed by atoms with Crippen LogP contribution in [0.4, 0.5) is 5.69 Å². The monoisotopic (exact) mass is 323 g/mol. The highest BCUT2D eigenvalue weighted by molar-refractivity contribution is 6.01. The van der Waals surface area contributed by atoms with E-state index >= 15 is 0 Å². The zero-order valence-electron chi connectivity index (χ0n) is 13.8. The molecule has 1 aromatic carbocycles. The third-order valence-electron chi connectivity index (χ3n) is 3.81. The van der Waals surface area contributed by atoms with Gasteiger partial charge in [0, 0.05) is 37.9 Å². The van der Waals surface area contributed by atoms with Crippen LogP contribution in [0.1, 0.15) is 18.1 Å². The highest BCUT2D eigenvalue weighted by Gasteiger charge is 2.16. The lowest BCUT2D eigenvalue weighted by Crippen LogP contribution is -2.33. The summed E-state index contributed by atoms with van der Waals surface area (Å²) >= 11 is 0. The first-order valence-electron chi connectivity index (χ1n) is 7.41. The quantitative estimate of drug-likeness (QED) is 0.863. The van der Waals surface area contributed by atoms with Gasteiger partial charge in [-0.05, 0) is 50.7 Å². The van der Waals surface area contributed by atoms with E-state index in [-0.39, 0.29) is 18.3 Å². The van der Waals surface area contributed by atoms with E-state index in [1.807, 2.05) is 38.2 Å². The first-order chi connectivity index (χ1) is 9.97. The van der Waals surface area contributed by atoms with Gasteiger partial charge in [0.25, 0.3) is 0 Å². The fourth-order valence-corrected chi connectivity index (χ4v) is 2.47. The summed E-state index contributed by atoms with van der Waals surface area (Å²) in [5.41, 5.74) is 3.63. The molecule has 1 aromatic rings. The van der Waals surface area contributed by atoms with Gasteiger partial charge in [-0.2, -0.15) is 0 Å². The van der Waals surface area contributed by atoms with Gasteiger partial charge in [-0.1, -0.05) is 12.1 Å². The average Bonchev–Trinajstić information content (AvgIpc) is 2.45. The summed E-state index contributed by atoms with van der Waals surface area (Å²) in [6.07, 6.45) is 4.58. The van der Waals surface area contributed by atoms with Gasteiger partial charge in [0.1, 0.15) is 0 Å². The molecule has 0 saturated carbocycles. The molecule has 1 heterocycles. The van der Waals surface area contributed by atoms with Crippen LogP contribution < -0.4 is 10.2 Å².